The largest absolute Gasteiger partial charge is 0.492 e. The summed E-state index contributed by atoms with van der Waals surface area (Å²) in [5, 5.41) is 10.8. The van der Waals surface area contributed by atoms with E-state index in [0.29, 0.717) is 47.3 Å². The zero-order valence-electron chi connectivity index (χ0n) is 20.5. The van der Waals surface area contributed by atoms with Crippen LogP contribution in [0, 0.1) is 0 Å². The molecule has 3 aromatic carbocycles. The van der Waals surface area contributed by atoms with Crippen LogP contribution >= 0.6 is 0 Å². The summed E-state index contributed by atoms with van der Waals surface area (Å²) in [5.41, 5.74) is 1.97. The summed E-state index contributed by atoms with van der Waals surface area (Å²) in [7, 11) is 0. The van der Waals surface area contributed by atoms with Crippen molar-refractivity contribution < 1.29 is 23.9 Å². The molecule has 36 heavy (non-hydrogen) atoms. The molecule has 0 aromatic heterocycles. The highest BCUT2D eigenvalue weighted by molar-refractivity contribution is 6.06. The summed E-state index contributed by atoms with van der Waals surface area (Å²) in [4.78, 5) is 37.5. The third kappa shape index (κ3) is 7.23. The molecule has 0 heterocycles. The molecule has 3 aromatic rings. The molecule has 0 aliphatic heterocycles. The Bertz CT molecular complexity index is 1190. The van der Waals surface area contributed by atoms with Crippen molar-refractivity contribution in [2.45, 2.75) is 26.8 Å². The van der Waals surface area contributed by atoms with Crippen LogP contribution in [-0.2, 0) is 4.79 Å². The van der Waals surface area contributed by atoms with Crippen LogP contribution in [0.4, 0.5) is 21.9 Å². The minimum absolute atomic E-state index is 0.295. The van der Waals surface area contributed by atoms with Crippen LogP contribution in [-0.4, -0.2) is 37.1 Å². The molecule has 4 N–H and O–H groups in total. The van der Waals surface area contributed by atoms with Crippen LogP contribution < -0.4 is 30.7 Å². The minimum atomic E-state index is -0.787. The van der Waals surface area contributed by atoms with Gasteiger partial charge in [-0.1, -0.05) is 36.4 Å². The smallest absolute Gasteiger partial charge is 0.325 e. The summed E-state index contributed by atoms with van der Waals surface area (Å²) >= 11 is 0. The summed E-state index contributed by atoms with van der Waals surface area (Å²) in [5.74, 6) is -0.0120. The normalized spacial score (nSPS) is 11.1. The summed E-state index contributed by atoms with van der Waals surface area (Å²) < 4.78 is 11.5. The van der Waals surface area contributed by atoms with E-state index in [-0.39, 0.29) is 5.91 Å². The van der Waals surface area contributed by atoms with E-state index in [0.717, 1.165) is 0 Å². The molecule has 0 bridgehead atoms. The highest BCUT2D eigenvalue weighted by Crippen LogP contribution is 2.37. The molecule has 0 aliphatic rings. The minimum Gasteiger partial charge on any atom is -0.492 e. The second-order valence-corrected chi connectivity index (χ2v) is 7.71. The van der Waals surface area contributed by atoms with Crippen molar-refractivity contribution in [1.29, 1.82) is 0 Å². The van der Waals surface area contributed by atoms with Crippen LogP contribution in [0.25, 0.3) is 0 Å². The Kier molecular flexibility index (Phi) is 9.27. The quantitative estimate of drug-likeness (QED) is 0.322. The van der Waals surface area contributed by atoms with E-state index in [1.165, 1.54) is 0 Å². The number of nitrogens with one attached hydrogen (secondary N) is 4. The number of benzene rings is 3. The van der Waals surface area contributed by atoms with Gasteiger partial charge in [0.15, 0.2) is 0 Å². The van der Waals surface area contributed by atoms with E-state index in [4.69, 9.17) is 9.47 Å². The number of para-hydroxylation sites is 1. The molecular formula is C27H30N4O5. The molecule has 0 saturated heterocycles. The van der Waals surface area contributed by atoms with Gasteiger partial charge in [-0.15, -0.1) is 0 Å². The average Bonchev–Trinajstić information content (AvgIpc) is 2.87. The number of anilines is 3. The number of carbonyl (C=O) groups excluding carboxylic acids is 3. The predicted molar refractivity (Wildman–Crippen MR) is 140 cm³/mol. The molecule has 3 rings (SSSR count). The van der Waals surface area contributed by atoms with Gasteiger partial charge in [-0.3, -0.25) is 14.9 Å². The fraction of sp³-hybridized carbons (Fsp3) is 0.222. The topological polar surface area (TPSA) is 118 Å². The van der Waals surface area contributed by atoms with Gasteiger partial charge in [0.1, 0.15) is 17.5 Å². The lowest BCUT2D eigenvalue weighted by Crippen LogP contribution is -2.43. The fourth-order valence-corrected chi connectivity index (χ4v) is 3.31. The number of ether oxygens (including phenoxy) is 2. The van der Waals surface area contributed by atoms with Gasteiger partial charge in [0.05, 0.1) is 24.6 Å². The molecular weight excluding hydrogens is 460 g/mol. The van der Waals surface area contributed by atoms with E-state index in [1.54, 1.807) is 67.6 Å². The van der Waals surface area contributed by atoms with Crippen molar-refractivity contribution in [3.05, 3.63) is 78.4 Å². The maximum Gasteiger partial charge on any atom is 0.325 e. The highest BCUT2D eigenvalue weighted by Gasteiger charge is 2.20. The molecule has 0 saturated carbocycles. The van der Waals surface area contributed by atoms with Crippen LogP contribution in [0.1, 0.15) is 31.1 Å². The number of hydrogen-bond acceptors (Lipinski definition) is 6. The van der Waals surface area contributed by atoms with Crippen LogP contribution in [0.2, 0.25) is 0 Å². The predicted octanol–water partition coefficient (Wildman–Crippen LogP) is 4.89. The Morgan fingerprint density at radius 1 is 0.778 bits per heavy atom. The maximum atomic E-state index is 12.7. The molecule has 0 aliphatic carbocycles. The van der Waals surface area contributed by atoms with E-state index in [9.17, 15) is 14.4 Å². The molecule has 188 valence electrons. The van der Waals surface area contributed by atoms with Gasteiger partial charge in [0.25, 0.3) is 5.91 Å². The fourth-order valence-electron chi connectivity index (χ4n) is 3.31. The number of imide groups is 1. The highest BCUT2D eigenvalue weighted by atomic mass is 16.5. The SMILES string of the molecule is CCOc1cc(NC(C)C(=O)NC(=O)Nc2ccccc2)c(OCC)cc1NC(=O)c1ccccc1. The number of urea groups is 1. The first-order chi connectivity index (χ1) is 17.4. The standard InChI is InChI=1S/C27H30N4O5/c1-4-35-23-17-22(30-26(33)19-12-8-6-9-13-19)24(36-5-2)16-21(23)28-18(3)25(32)31-27(34)29-20-14-10-7-11-15-20/h6-18,28H,4-5H2,1-3H3,(H,30,33)(H2,29,31,32,34). The zero-order valence-corrected chi connectivity index (χ0v) is 20.5. The molecule has 0 spiro atoms. The van der Waals surface area contributed by atoms with E-state index >= 15 is 0 Å². The van der Waals surface area contributed by atoms with Gasteiger partial charge in [-0.2, -0.15) is 0 Å². The third-order valence-electron chi connectivity index (χ3n) is 5.00. The van der Waals surface area contributed by atoms with Gasteiger partial charge < -0.3 is 25.4 Å². The van der Waals surface area contributed by atoms with Crippen molar-refractivity contribution in [1.82, 2.24) is 5.32 Å². The molecule has 9 nitrogen and oxygen atoms in total. The van der Waals surface area contributed by atoms with Gasteiger partial charge in [-0.25, -0.2) is 4.79 Å². The third-order valence-corrected chi connectivity index (χ3v) is 5.00. The number of amides is 4. The Hall–Kier alpha value is -4.53. The molecule has 9 heteroatoms. The first-order valence-electron chi connectivity index (χ1n) is 11.6. The monoisotopic (exact) mass is 490 g/mol. The average molecular weight is 491 g/mol. The second kappa shape index (κ2) is 12.8. The molecule has 1 atom stereocenters. The molecule has 1 unspecified atom stereocenters. The van der Waals surface area contributed by atoms with Crippen LogP contribution in [0.3, 0.4) is 0 Å². The lowest BCUT2D eigenvalue weighted by molar-refractivity contribution is -0.120. The van der Waals surface area contributed by atoms with Gasteiger partial charge in [0, 0.05) is 23.4 Å². The van der Waals surface area contributed by atoms with Crippen molar-refractivity contribution in [3.8, 4) is 11.5 Å². The molecule has 0 fully saturated rings. The number of rotatable bonds is 10. The van der Waals surface area contributed by atoms with Gasteiger partial charge in [0.2, 0.25) is 5.91 Å². The Morgan fingerprint density at radius 3 is 1.94 bits per heavy atom. The van der Waals surface area contributed by atoms with Crippen molar-refractivity contribution in [2.75, 3.05) is 29.2 Å². The van der Waals surface area contributed by atoms with Gasteiger partial charge in [-0.05, 0) is 45.0 Å². The summed E-state index contributed by atoms with van der Waals surface area (Å²) in [6.45, 7) is 5.98. The van der Waals surface area contributed by atoms with E-state index < -0.39 is 18.0 Å². The first-order valence-corrected chi connectivity index (χ1v) is 11.6. The summed E-state index contributed by atoms with van der Waals surface area (Å²) in [6.07, 6.45) is 0. The summed E-state index contributed by atoms with van der Waals surface area (Å²) in [6, 6.07) is 19.5. The lowest BCUT2D eigenvalue weighted by Gasteiger charge is -2.21. The molecule has 4 amide bonds. The van der Waals surface area contributed by atoms with Crippen LogP contribution in [0.5, 0.6) is 11.5 Å². The second-order valence-electron chi connectivity index (χ2n) is 7.71. The van der Waals surface area contributed by atoms with Crippen LogP contribution in [0.15, 0.2) is 72.8 Å². The maximum absolute atomic E-state index is 12.7. The van der Waals surface area contributed by atoms with Crippen molar-refractivity contribution in [2.24, 2.45) is 0 Å². The zero-order chi connectivity index (χ0) is 25.9. The first kappa shape index (κ1) is 26.1. The Morgan fingerprint density at radius 2 is 1.33 bits per heavy atom. The lowest BCUT2D eigenvalue weighted by atomic mass is 10.1. The number of carbonyl (C=O) groups is 3. The van der Waals surface area contributed by atoms with E-state index in [1.807, 2.05) is 26.0 Å². The number of hydrogen-bond donors (Lipinski definition) is 4. The van der Waals surface area contributed by atoms with Crippen molar-refractivity contribution in [3.63, 3.8) is 0 Å². The van der Waals surface area contributed by atoms with E-state index in [2.05, 4.69) is 21.3 Å². The molecule has 0 radical (unpaired) electrons. The van der Waals surface area contributed by atoms with Crippen molar-refractivity contribution >= 4 is 34.9 Å². The Labute approximate surface area is 210 Å². The van der Waals surface area contributed by atoms with Gasteiger partial charge >= 0.3 is 6.03 Å². The Balaban J connectivity index is 1.76.